The Morgan fingerprint density at radius 3 is 2.50 bits per heavy atom. The number of carbonyl (C=O) groups is 1. The van der Waals surface area contributed by atoms with Gasteiger partial charge in [0, 0.05) is 45.1 Å². The highest BCUT2D eigenvalue weighted by molar-refractivity contribution is 5.97. The van der Waals surface area contributed by atoms with Crippen molar-refractivity contribution in [2.75, 3.05) is 31.1 Å². The number of carbonyl (C=O) groups excluding carboxylic acids is 1. The quantitative estimate of drug-likeness (QED) is 0.661. The van der Waals surface area contributed by atoms with E-state index in [9.17, 15) is 10.1 Å². The Labute approximate surface area is 153 Å². The van der Waals surface area contributed by atoms with Gasteiger partial charge in [-0.25, -0.2) is 4.98 Å². The average Bonchev–Trinajstić information content (AvgIpc) is 2.72. The van der Waals surface area contributed by atoms with Crippen LogP contribution in [0.15, 0.2) is 66.5 Å². The lowest BCUT2D eigenvalue weighted by molar-refractivity contribution is -0.117. The Bertz CT molecular complexity index is 790. The number of piperazine rings is 1. The fourth-order valence-electron chi connectivity index (χ4n) is 2.82. The second-order valence-electron chi connectivity index (χ2n) is 6.03. The highest BCUT2D eigenvalue weighted by atomic mass is 16.1. The van der Waals surface area contributed by atoms with Crippen LogP contribution in [-0.2, 0) is 11.3 Å². The van der Waals surface area contributed by atoms with Crippen molar-refractivity contribution < 1.29 is 4.79 Å². The summed E-state index contributed by atoms with van der Waals surface area (Å²) in [4.78, 5) is 20.8. The molecule has 0 radical (unpaired) electrons. The number of anilines is 1. The van der Waals surface area contributed by atoms with Gasteiger partial charge in [-0.15, -0.1) is 0 Å². The van der Waals surface area contributed by atoms with Crippen molar-refractivity contribution in [1.82, 2.24) is 15.2 Å². The number of hydrogen-bond donors (Lipinski definition) is 1. The number of hydrogen-bond acceptors (Lipinski definition) is 5. The molecule has 6 nitrogen and oxygen atoms in total. The summed E-state index contributed by atoms with van der Waals surface area (Å²) in [6.45, 7) is 3.50. The molecule has 0 aliphatic carbocycles. The van der Waals surface area contributed by atoms with E-state index in [4.69, 9.17) is 0 Å². The number of nitrogens with one attached hydrogen (secondary N) is 1. The molecule has 0 saturated carbocycles. The molecule has 1 aromatic heterocycles. The van der Waals surface area contributed by atoms with Gasteiger partial charge in [-0.3, -0.25) is 4.79 Å². The Balaban J connectivity index is 1.54. The minimum absolute atomic E-state index is 0.132. The van der Waals surface area contributed by atoms with Crippen LogP contribution in [-0.4, -0.2) is 42.0 Å². The molecule has 2 heterocycles. The van der Waals surface area contributed by atoms with E-state index < -0.39 is 0 Å². The first-order valence-electron chi connectivity index (χ1n) is 8.60. The predicted octanol–water partition coefficient (Wildman–Crippen LogP) is 1.93. The van der Waals surface area contributed by atoms with Crippen molar-refractivity contribution in [1.29, 1.82) is 5.26 Å². The Kier molecular flexibility index (Phi) is 5.84. The number of nitrogens with zero attached hydrogens (tertiary/aromatic N) is 4. The van der Waals surface area contributed by atoms with Gasteiger partial charge < -0.3 is 15.1 Å². The molecule has 0 unspecified atom stereocenters. The number of rotatable bonds is 5. The molecule has 132 valence electrons. The van der Waals surface area contributed by atoms with Crippen LogP contribution in [0.4, 0.5) is 5.82 Å². The molecule has 1 fully saturated rings. The summed E-state index contributed by atoms with van der Waals surface area (Å²) in [5.74, 6) is 0.612. The number of nitriles is 1. The van der Waals surface area contributed by atoms with Gasteiger partial charge >= 0.3 is 0 Å². The van der Waals surface area contributed by atoms with Gasteiger partial charge in [0.05, 0.1) is 0 Å². The lowest BCUT2D eigenvalue weighted by Crippen LogP contribution is -2.44. The largest absolute Gasteiger partial charge is 0.373 e. The first-order valence-corrected chi connectivity index (χ1v) is 8.60. The topological polar surface area (TPSA) is 72.3 Å². The fraction of sp³-hybridized carbons (Fsp3) is 0.250. The molecule has 1 N–H and O–H groups in total. The van der Waals surface area contributed by atoms with Gasteiger partial charge in [-0.2, -0.15) is 5.26 Å². The third kappa shape index (κ3) is 4.61. The van der Waals surface area contributed by atoms with Crippen LogP contribution in [0.5, 0.6) is 0 Å². The second-order valence-corrected chi connectivity index (χ2v) is 6.03. The third-order valence-corrected chi connectivity index (χ3v) is 4.26. The van der Waals surface area contributed by atoms with E-state index in [1.807, 2.05) is 59.5 Å². The first-order chi connectivity index (χ1) is 12.8. The SMILES string of the molecule is N#C/C(=C/N1CCN(c2ccccn2)CC1)C(=O)NCc1ccccc1. The molecule has 1 aliphatic heterocycles. The summed E-state index contributed by atoms with van der Waals surface area (Å²) in [5.41, 5.74) is 1.13. The van der Waals surface area contributed by atoms with E-state index in [-0.39, 0.29) is 11.5 Å². The Morgan fingerprint density at radius 1 is 1.12 bits per heavy atom. The summed E-state index contributed by atoms with van der Waals surface area (Å²) < 4.78 is 0. The molecule has 3 rings (SSSR count). The molecular weight excluding hydrogens is 326 g/mol. The molecule has 0 bridgehead atoms. The normalized spacial score (nSPS) is 14.7. The average molecular weight is 347 g/mol. The summed E-state index contributed by atoms with van der Waals surface area (Å²) in [6.07, 6.45) is 3.45. The zero-order valence-electron chi connectivity index (χ0n) is 14.5. The fourth-order valence-corrected chi connectivity index (χ4v) is 2.82. The van der Waals surface area contributed by atoms with Gasteiger partial charge in [0.1, 0.15) is 17.5 Å². The van der Waals surface area contributed by atoms with Gasteiger partial charge in [-0.1, -0.05) is 36.4 Å². The molecule has 0 atom stereocenters. The van der Waals surface area contributed by atoms with Crippen molar-refractivity contribution in [2.45, 2.75) is 6.54 Å². The molecule has 1 amide bonds. The van der Waals surface area contributed by atoms with Crippen molar-refractivity contribution in [3.05, 3.63) is 72.1 Å². The summed E-state index contributed by atoms with van der Waals surface area (Å²) >= 11 is 0. The summed E-state index contributed by atoms with van der Waals surface area (Å²) in [5, 5.41) is 12.1. The van der Waals surface area contributed by atoms with Crippen LogP contribution >= 0.6 is 0 Å². The lowest BCUT2D eigenvalue weighted by atomic mass is 10.2. The number of benzene rings is 1. The van der Waals surface area contributed by atoms with Crippen molar-refractivity contribution in [2.24, 2.45) is 0 Å². The van der Waals surface area contributed by atoms with Crippen LogP contribution in [0.1, 0.15) is 5.56 Å². The maximum absolute atomic E-state index is 12.3. The zero-order chi connectivity index (χ0) is 18.2. The molecule has 2 aromatic rings. The minimum atomic E-state index is -0.344. The predicted molar refractivity (Wildman–Crippen MR) is 100 cm³/mol. The lowest BCUT2D eigenvalue weighted by Gasteiger charge is -2.34. The van der Waals surface area contributed by atoms with Crippen LogP contribution in [0, 0.1) is 11.3 Å². The number of aromatic nitrogens is 1. The molecule has 6 heteroatoms. The van der Waals surface area contributed by atoms with Crippen LogP contribution < -0.4 is 10.2 Å². The number of amides is 1. The number of pyridine rings is 1. The van der Waals surface area contributed by atoms with Gasteiger partial charge in [0.25, 0.3) is 5.91 Å². The van der Waals surface area contributed by atoms with Crippen LogP contribution in [0.2, 0.25) is 0 Å². The maximum Gasteiger partial charge on any atom is 0.263 e. The highest BCUT2D eigenvalue weighted by Crippen LogP contribution is 2.13. The van der Waals surface area contributed by atoms with E-state index in [1.165, 1.54) is 0 Å². The highest BCUT2D eigenvalue weighted by Gasteiger charge is 2.18. The van der Waals surface area contributed by atoms with Crippen molar-refractivity contribution >= 4 is 11.7 Å². The van der Waals surface area contributed by atoms with Crippen LogP contribution in [0.25, 0.3) is 0 Å². The van der Waals surface area contributed by atoms with Crippen molar-refractivity contribution in [3.63, 3.8) is 0 Å². The zero-order valence-corrected chi connectivity index (χ0v) is 14.5. The van der Waals surface area contributed by atoms with E-state index in [2.05, 4.69) is 15.2 Å². The smallest absolute Gasteiger partial charge is 0.263 e. The molecule has 1 aromatic carbocycles. The van der Waals surface area contributed by atoms with E-state index >= 15 is 0 Å². The van der Waals surface area contributed by atoms with Gasteiger partial charge in [-0.05, 0) is 17.7 Å². The van der Waals surface area contributed by atoms with E-state index in [1.54, 1.807) is 12.4 Å². The molecule has 26 heavy (non-hydrogen) atoms. The summed E-state index contributed by atoms with van der Waals surface area (Å²) in [7, 11) is 0. The maximum atomic E-state index is 12.3. The first kappa shape index (κ1) is 17.5. The monoisotopic (exact) mass is 347 g/mol. The molecule has 0 spiro atoms. The Hall–Kier alpha value is -3.33. The molecule has 1 aliphatic rings. The van der Waals surface area contributed by atoms with Crippen LogP contribution in [0.3, 0.4) is 0 Å². The van der Waals surface area contributed by atoms with Gasteiger partial charge in [0.2, 0.25) is 0 Å². The van der Waals surface area contributed by atoms with Gasteiger partial charge in [0.15, 0.2) is 0 Å². The standard InChI is InChI=1S/C20H21N5O/c21-14-18(20(26)23-15-17-6-2-1-3-7-17)16-24-10-12-25(13-11-24)19-8-4-5-9-22-19/h1-9,16H,10-13,15H2,(H,23,26)/b18-16-. The minimum Gasteiger partial charge on any atom is -0.373 e. The molecule has 1 saturated heterocycles. The third-order valence-electron chi connectivity index (χ3n) is 4.26. The second kappa shape index (κ2) is 8.67. The Morgan fingerprint density at radius 2 is 1.85 bits per heavy atom. The van der Waals surface area contributed by atoms with E-state index in [0.717, 1.165) is 37.6 Å². The van der Waals surface area contributed by atoms with Crippen molar-refractivity contribution in [3.8, 4) is 6.07 Å². The van der Waals surface area contributed by atoms with E-state index in [0.29, 0.717) is 6.54 Å². The molecular formula is C20H21N5O. The summed E-state index contributed by atoms with van der Waals surface area (Å²) in [6, 6.07) is 17.5.